The van der Waals surface area contributed by atoms with E-state index in [-0.39, 0.29) is 5.78 Å². The van der Waals surface area contributed by atoms with Gasteiger partial charge in [0.15, 0.2) is 0 Å². The Bertz CT molecular complexity index is 136. The number of hydrogen-bond acceptors (Lipinski definition) is 3. The molecule has 0 spiro atoms. The van der Waals surface area contributed by atoms with E-state index < -0.39 is 6.29 Å². The number of carbonyl (C=O) groups is 1. The quantitative estimate of drug-likeness (QED) is 0.444. The van der Waals surface area contributed by atoms with Crippen LogP contribution >= 0.6 is 0 Å². The lowest BCUT2D eigenvalue weighted by Crippen LogP contribution is -2.22. The summed E-state index contributed by atoms with van der Waals surface area (Å²) in [5.74, 6) is -0.156. The van der Waals surface area contributed by atoms with Crippen LogP contribution in [0.15, 0.2) is 12.2 Å². The molecule has 0 amide bonds. The number of hydrogen-bond donors (Lipinski definition) is 0. The van der Waals surface area contributed by atoms with Crippen LogP contribution < -0.4 is 0 Å². The standard InChI is InChI=1S/C8H14O3/c1-4-5-6-7(9)8(10-2)11-3/h5-6,8H,4H2,1-3H3. The molecule has 0 heterocycles. The maximum absolute atomic E-state index is 11.0. The van der Waals surface area contributed by atoms with Gasteiger partial charge in [0.25, 0.3) is 0 Å². The van der Waals surface area contributed by atoms with E-state index in [0.29, 0.717) is 0 Å². The lowest BCUT2D eigenvalue weighted by Gasteiger charge is -2.08. The highest BCUT2D eigenvalue weighted by Gasteiger charge is 2.11. The molecular formula is C8H14O3. The van der Waals surface area contributed by atoms with Gasteiger partial charge >= 0.3 is 0 Å². The van der Waals surface area contributed by atoms with Gasteiger partial charge in [-0.05, 0) is 12.5 Å². The average Bonchev–Trinajstić information content (AvgIpc) is 2.03. The summed E-state index contributed by atoms with van der Waals surface area (Å²) < 4.78 is 9.47. The molecule has 0 aliphatic heterocycles. The van der Waals surface area contributed by atoms with Crippen molar-refractivity contribution in [2.45, 2.75) is 19.6 Å². The maximum atomic E-state index is 11.0. The summed E-state index contributed by atoms with van der Waals surface area (Å²) >= 11 is 0. The number of ether oxygens (including phenoxy) is 2. The monoisotopic (exact) mass is 158 g/mol. The van der Waals surface area contributed by atoms with Crippen molar-refractivity contribution in [1.29, 1.82) is 0 Å². The van der Waals surface area contributed by atoms with Gasteiger partial charge in [0.1, 0.15) is 0 Å². The normalized spacial score (nSPS) is 11.3. The zero-order chi connectivity index (χ0) is 8.69. The third-order valence-electron chi connectivity index (χ3n) is 1.18. The summed E-state index contributed by atoms with van der Waals surface area (Å²) in [6.45, 7) is 1.96. The zero-order valence-corrected chi connectivity index (χ0v) is 7.16. The van der Waals surface area contributed by atoms with Gasteiger partial charge in [-0.25, -0.2) is 0 Å². The molecule has 0 aromatic heterocycles. The number of rotatable bonds is 5. The summed E-state index contributed by atoms with van der Waals surface area (Å²) in [7, 11) is 2.87. The van der Waals surface area contributed by atoms with Crippen molar-refractivity contribution in [2.24, 2.45) is 0 Å². The van der Waals surface area contributed by atoms with Crippen LogP contribution in [0, 0.1) is 0 Å². The lowest BCUT2D eigenvalue weighted by atomic mass is 10.3. The second-order valence-electron chi connectivity index (χ2n) is 2.02. The van der Waals surface area contributed by atoms with Gasteiger partial charge in [-0.2, -0.15) is 0 Å². The molecule has 0 fully saturated rings. The van der Waals surface area contributed by atoms with Crippen LogP contribution in [0.1, 0.15) is 13.3 Å². The van der Waals surface area contributed by atoms with Gasteiger partial charge in [0.05, 0.1) is 0 Å². The van der Waals surface area contributed by atoms with Crippen LogP contribution in [0.5, 0.6) is 0 Å². The molecule has 0 aromatic carbocycles. The predicted octanol–water partition coefficient (Wildman–Crippen LogP) is 1.14. The Labute approximate surface area is 67.0 Å². The first kappa shape index (κ1) is 10.3. The topological polar surface area (TPSA) is 35.5 Å². The van der Waals surface area contributed by atoms with Crippen LogP contribution in [-0.4, -0.2) is 26.3 Å². The molecule has 0 atom stereocenters. The first-order valence-corrected chi connectivity index (χ1v) is 3.52. The van der Waals surface area contributed by atoms with Gasteiger partial charge in [-0.15, -0.1) is 0 Å². The summed E-state index contributed by atoms with van der Waals surface area (Å²) in [5.41, 5.74) is 0. The highest BCUT2D eigenvalue weighted by atomic mass is 16.7. The van der Waals surface area contributed by atoms with E-state index in [0.717, 1.165) is 6.42 Å². The molecule has 0 rings (SSSR count). The molecular weight excluding hydrogens is 144 g/mol. The molecule has 0 saturated heterocycles. The van der Waals surface area contributed by atoms with Gasteiger partial charge in [0, 0.05) is 14.2 Å². The van der Waals surface area contributed by atoms with E-state index in [1.165, 1.54) is 20.3 Å². The third-order valence-corrected chi connectivity index (χ3v) is 1.18. The highest BCUT2D eigenvalue weighted by molar-refractivity contribution is 5.92. The van der Waals surface area contributed by atoms with Crippen LogP contribution in [0.2, 0.25) is 0 Å². The summed E-state index contributed by atoms with van der Waals surface area (Å²) in [6.07, 6.45) is 3.33. The predicted molar refractivity (Wildman–Crippen MR) is 42.2 cm³/mol. The molecule has 0 aliphatic rings. The number of methoxy groups -OCH3 is 2. The first-order chi connectivity index (χ1) is 5.26. The fourth-order valence-electron chi connectivity index (χ4n) is 0.641. The Morgan fingerprint density at radius 1 is 1.45 bits per heavy atom. The van der Waals surface area contributed by atoms with Crippen molar-refractivity contribution >= 4 is 5.78 Å². The van der Waals surface area contributed by atoms with Crippen molar-refractivity contribution < 1.29 is 14.3 Å². The Kier molecular flexibility index (Phi) is 5.70. The maximum Gasteiger partial charge on any atom is 0.221 e. The van der Waals surface area contributed by atoms with Crippen molar-refractivity contribution in [2.75, 3.05) is 14.2 Å². The minimum absolute atomic E-state index is 0.156. The fourth-order valence-corrected chi connectivity index (χ4v) is 0.641. The van der Waals surface area contributed by atoms with E-state index in [4.69, 9.17) is 9.47 Å². The Balaban J connectivity index is 3.88. The molecule has 0 radical (unpaired) electrons. The molecule has 3 heteroatoms. The summed E-state index contributed by atoms with van der Waals surface area (Å²) in [4.78, 5) is 11.0. The molecule has 0 aromatic rings. The highest BCUT2D eigenvalue weighted by Crippen LogP contribution is 1.94. The van der Waals surface area contributed by atoms with E-state index in [1.54, 1.807) is 6.08 Å². The smallest absolute Gasteiger partial charge is 0.221 e. The van der Waals surface area contributed by atoms with Gasteiger partial charge in [-0.1, -0.05) is 13.0 Å². The Hall–Kier alpha value is -0.670. The third kappa shape index (κ3) is 3.91. The second kappa shape index (κ2) is 6.07. The molecule has 64 valence electrons. The van der Waals surface area contributed by atoms with Gasteiger partial charge in [0.2, 0.25) is 12.1 Å². The SMILES string of the molecule is CCC=CC(=O)C(OC)OC. The summed E-state index contributed by atoms with van der Waals surface area (Å²) in [6, 6.07) is 0. The van der Waals surface area contributed by atoms with E-state index in [9.17, 15) is 4.79 Å². The van der Waals surface area contributed by atoms with Crippen LogP contribution in [0.25, 0.3) is 0 Å². The van der Waals surface area contributed by atoms with E-state index in [2.05, 4.69) is 0 Å². The minimum atomic E-state index is -0.752. The molecule has 0 bridgehead atoms. The van der Waals surface area contributed by atoms with Crippen molar-refractivity contribution in [3.8, 4) is 0 Å². The Morgan fingerprint density at radius 2 is 2.00 bits per heavy atom. The summed E-state index contributed by atoms with van der Waals surface area (Å²) in [5, 5.41) is 0. The number of allylic oxidation sites excluding steroid dienone is 1. The van der Waals surface area contributed by atoms with Gasteiger partial charge in [-0.3, -0.25) is 4.79 Å². The van der Waals surface area contributed by atoms with Crippen molar-refractivity contribution in [3.05, 3.63) is 12.2 Å². The largest absolute Gasteiger partial charge is 0.349 e. The van der Waals surface area contributed by atoms with E-state index in [1.807, 2.05) is 6.92 Å². The minimum Gasteiger partial charge on any atom is -0.349 e. The number of ketones is 1. The lowest BCUT2D eigenvalue weighted by molar-refractivity contribution is -0.151. The van der Waals surface area contributed by atoms with E-state index >= 15 is 0 Å². The molecule has 11 heavy (non-hydrogen) atoms. The molecule has 0 unspecified atom stereocenters. The molecule has 3 nitrogen and oxygen atoms in total. The zero-order valence-electron chi connectivity index (χ0n) is 7.16. The Morgan fingerprint density at radius 3 is 2.36 bits per heavy atom. The molecule has 0 aliphatic carbocycles. The van der Waals surface area contributed by atoms with Crippen LogP contribution in [-0.2, 0) is 14.3 Å². The van der Waals surface area contributed by atoms with Crippen LogP contribution in [0.3, 0.4) is 0 Å². The molecule has 0 N–H and O–H groups in total. The average molecular weight is 158 g/mol. The first-order valence-electron chi connectivity index (χ1n) is 3.52. The van der Waals surface area contributed by atoms with Gasteiger partial charge < -0.3 is 9.47 Å². The second-order valence-corrected chi connectivity index (χ2v) is 2.02. The van der Waals surface area contributed by atoms with Crippen molar-refractivity contribution in [3.63, 3.8) is 0 Å². The van der Waals surface area contributed by atoms with Crippen LogP contribution in [0.4, 0.5) is 0 Å². The number of carbonyl (C=O) groups excluding carboxylic acids is 1. The molecule has 0 saturated carbocycles. The van der Waals surface area contributed by atoms with Crippen molar-refractivity contribution in [1.82, 2.24) is 0 Å². The fraction of sp³-hybridized carbons (Fsp3) is 0.625.